The first-order chi connectivity index (χ1) is 8.16. The van der Waals surface area contributed by atoms with Crippen LogP contribution in [-0.4, -0.2) is 42.3 Å². The molecular formula is C11H16BrN3O2. The van der Waals surface area contributed by atoms with Crippen LogP contribution >= 0.6 is 15.9 Å². The van der Waals surface area contributed by atoms with Gasteiger partial charge in [0, 0.05) is 38.6 Å². The van der Waals surface area contributed by atoms with Crippen molar-refractivity contribution in [3.63, 3.8) is 0 Å². The molecule has 0 aromatic carbocycles. The maximum atomic E-state index is 11.4. The molecule has 1 aliphatic heterocycles. The number of nitrogens with two attached hydrogens (primary N) is 1. The van der Waals surface area contributed by atoms with Crippen molar-refractivity contribution < 1.29 is 4.74 Å². The molecule has 2 rings (SSSR count). The molecule has 0 radical (unpaired) electrons. The molecule has 0 unspecified atom stereocenters. The Morgan fingerprint density at radius 2 is 2.00 bits per heavy atom. The molecule has 2 N–H and O–H groups in total. The number of nitrogen functional groups attached to an aromatic ring is 1. The zero-order valence-corrected chi connectivity index (χ0v) is 11.1. The maximum Gasteiger partial charge on any atom is 0.218 e. The fraction of sp³-hybridized carbons (Fsp3) is 0.545. The van der Waals surface area contributed by atoms with Crippen LogP contribution in [0.1, 0.15) is 0 Å². The number of hydrogen-bond donors (Lipinski definition) is 1. The summed E-state index contributed by atoms with van der Waals surface area (Å²) in [5.41, 5.74) is 5.77. The summed E-state index contributed by atoms with van der Waals surface area (Å²) in [6, 6.07) is 0. The Balaban J connectivity index is 1.96. The van der Waals surface area contributed by atoms with Crippen molar-refractivity contribution in [1.82, 2.24) is 9.47 Å². The highest BCUT2D eigenvalue weighted by molar-refractivity contribution is 9.10. The highest BCUT2D eigenvalue weighted by atomic mass is 79.9. The third-order valence-electron chi connectivity index (χ3n) is 2.84. The number of rotatable bonds is 3. The van der Waals surface area contributed by atoms with Gasteiger partial charge in [-0.25, -0.2) is 0 Å². The van der Waals surface area contributed by atoms with Gasteiger partial charge in [-0.2, -0.15) is 0 Å². The number of anilines is 1. The van der Waals surface area contributed by atoms with Crippen LogP contribution in [0, 0.1) is 0 Å². The molecule has 2 heterocycles. The molecule has 0 spiro atoms. The minimum Gasteiger partial charge on any atom is -0.394 e. The van der Waals surface area contributed by atoms with Crippen LogP contribution in [0.5, 0.6) is 0 Å². The molecule has 1 saturated heterocycles. The first-order valence-electron chi connectivity index (χ1n) is 5.62. The van der Waals surface area contributed by atoms with E-state index in [9.17, 15) is 4.79 Å². The maximum absolute atomic E-state index is 11.4. The third kappa shape index (κ3) is 3.31. The van der Waals surface area contributed by atoms with Crippen molar-refractivity contribution in [3.8, 4) is 0 Å². The van der Waals surface area contributed by atoms with Gasteiger partial charge >= 0.3 is 0 Å². The van der Waals surface area contributed by atoms with Crippen molar-refractivity contribution in [1.29, 1.82) is 0 Å². The molecule has 1 fully saturated rings. The predicted octanol–water partition coefficient (Wildman–Crippen LogP) is 0.525. The lowest BCUT2D eigenvalue weighted by atomic mass is 10.3. The van der Waals surface area contributed by atoms with Crippen LogP contribution in [0.25, 0.3) is 0 Å². The van der Waals surface area contributed by atoms with Crippen molar-refractivity contribution in [2.24, 2.45) is 0 Å². The predicted molar refractivity (Wildman–Crippen MR) is 70.1 cm³/mol. The third-order valence-corrected chi connectivity index (χ3v) is 3.41. The molecule has 0 saturated carbocycles. The van der Waals surface area contributed by atoms with Gasteiger partial charge in [-0.05, 0) is 15.9 Å². The van der Waals surface area contributed by atoms with E-state index in [-0.39, 0.29) is 11.1 Å². The molecule has 1 aliphatic rings. The first-order valence-corrected chi connectivity index (χ1v) is 6.41. The first kappa shape index (κ1) is 12.6. The average Bonchev–Trinajstić information content (AvgIpc) is 2.34. The second-order valence-corrected chi connectivity index (χ2v) is 4.94. The standard InChI is InChI=1S/C11H16BrN3O2/c12-9-7-15(8-10(13)11(9)16)2-1-14-3-5-17-6-4-14/h7-8H,1-6,13H2. The van der Waals surface area contributed by atoms with Crippen molar-refractivity contribution in [2.75, 3.05) is 38.6 Å². The van der Waals surface area contributed by atoms with E-state index in [1.807, 2.05) is 4.57 Å². The number of halogens is 1. The lowest BCUT2D eigenvalue weighted by molar-refractivity contribution is 0.0364. The second kappa shape index (κ2) is 5.66. The van der Waals surface area contributed by atoms with Crippen LogP contribution < -0.4 is 11.2 Å². The molecule has 0 atom stereocenters. The van der Waals surface area contributed by atoms with Crippen LogP contribution in [0.4, 0.5) is 5.69 Å². The Hall–Kier alpha value is -0.850. The summed E-state index contributed by atoms with van der Waals surface area (Å²) in [6.45, 7) is 5.31. The highest BCUT2D eigenvalue weighted by Gasteiger charge is 2.10. The van der Waals surface area contributed by atoms with Crippen LogP contribution in [-0.2, 0) is 11.3 Å². The van der Waals surface area contributed by atoms with Gasteiger partial charge in [-0.15, -0.1) is 0 Å². The highest BCUT2D eigenvalue weighted by Crippen LogP contribution is 2.06. The lowest BCUT2D eigenvalue weighted by Crippen LogP contribution is -2.38. The Bertz CT molecular complexity index is 415. The quantitative estimate of drug-likeness (QED) is 0.884. The molecule has 94 valence electrons. The SMILES string of the molecule is Nc1cn(CCN2CCOCC2)cc(Br)c1=O. The Morgan fingerprint density at radius 3 is 2.65 bits per heavy atom. The van der Waals surface area contributed by atoms with Crippen LogP contribution in [0.3, 0.4) is 0 Å². The Kier molecular flexibility index (Phi) is 4.20. The van der Waals surface area contributed by atoms with E-state index in [0.29, 0.717) is 4.47 Å². The Morgan fingerprint density at radius 1 is 1.29 bits per heavy atom. The topological polar surface area (TPSA) is 60.5 Å². The molecule has 17 heavy (non-hydrogen) atoms. The normalized spacial score (nSPS) is 17.2. The van der Waals surface area contributed by atoms with Crippen LogP contribution in [0.2, 0.25) is 0 Å². The van der Waals surface area contributed by atoms with E-state index >= 15 is 0 Å². The summed E-state index contributed by atoms with van der Waals surface area (Å²) < 4.78 is 7.74. The van der Waals surface area contributed by atoms with Crippen molar-refractivity contribution in [2.45, 2.75) is 6.54 Å². The molecule has 5 nitrogen and oxygen atoms in total. The minimum atomic E-state index is -0.146. The van der Waals surface area contributed by atoms with Gasteiger partial charge in [0.1, 0.15) is 0 Å². The zero-order valence-electron chi connectivity index (χ0n) is 9.56. The van der Waals surface area contributed by atoms with Gasteiger partial charge in [0.25, 0.3) is 0 Å². The van der Waals surface area contributed by atoms with E-state index in [2.05, 4.69) is 20.8 Å². The van der Waals surface area contributed by atoms with Gasteiger partial charge < -0.3 is 15.0 Å². The van der Waals surface area contributed by atoms with Gasteiger partial charge in [0.05, 0.1) is 23.4 Å². The van der Waals surface area contributed by atoms with E-state index in [1.165, 1.54) is 0 Å². The molecular weight excluding hydrogens is 286 g/mol. The monoisotopic (exact) mass is 301 g/mol. The van der Waals surface area contributed by atoms with Gasteiger partial charge in [0.15, 0.2) is 0 Å². The Labute approximate surface area is 108 Å². The van der Waals surface area contributed by atoms with Crippen molar-refractivity contribution >= 4 is 21.6 Å². The van der Waals surface area contributed by atoms with Gasteiger partial charge in [-0.3, -0.25) is 9.69 Å². The second-order valence-electron chi connectivity index (χ2n) is 4.08. The zero-order chi connectivity index (χ0) is 12.3. The van der Waals surface area contributed by atoms with Crippen LogP contribution in [0.15, 0.2) is 21.7 Å². The lowest BCUT2D eigenvalue weighted by Gasteiger charge is -2.26. The number of pyridine rings is 1. The fourth-order valence-electron chi connectivity index (χ4n) is 1.83. The van der Waals surface area contributed by atoms with E-state index in [1.54, 1.807) is 12.4 Å². The number of morpholine rings is 1. The summed E-state index contributed by atoms with van der Waals surface area (Å²) >= 11 is 3.22. The summed E-state index contributed by atoms with van der Waals surface area (Å²) in [5, 5.41) is 0. The molecule has 0 bridgehead atoms. The average molecular weight is 302 g/mol. The number of aromatic nitrogens is 1. The smallest absolute Gasteiger partial charge is 0.218 e. The molecule has 1 aromatic rings. The molecule has 6 heteroatoms. The number of ether oxygens (including phenoxy) is 1. The summed E-state index contributed by atoms with van der Waals surface area (Å²) in [7, 11) is 0. The van der Waals surface area contributed by atoms with E-state index in [0.717, 1.165) is 39.4 Å². The summed E-state index contributed by atoms with van der Waals surface area (Å²) in [6.07, 6.45) is 3.46. The molecule has 0 aliphatic carbocycles. The largest absolute Gasteiger partial charge is 0.394 e. The van der Waals surface area contributed by atoms with Crippen molar-refractivity contribution in [3.05, 3.63) is 27.1 Å². The number of nitrogens with zero attached hydrogens (tertiary/aromatic N) is 2. The molecule has 0 amide bonds. The van der Waals surface area contributed by atoms with E-state index in [4.69, 9.17) is 10.5 Å². The van der Waals surface area contributed by atoms with Gasteiger partial charge in [-0.1, -0.05) is 0 Å². The van der Waals surface area contributed by atoms with E-state index < -0.39 is 0 Å². The minimum absolute atomic E-state index is 0.146. The number of hydrogen-bond acceptors (Lipinski definition) is 4. The fourth-order valence-corrected chi connectivity index (χ4v) is 2.32. The summed E-state index contributed by atoms with van der Waals surface area (Å²) in [5.74, 6) is 0. The summed E-state index contributed by atoms with van der Waals surface area (Å²) in [4.78, 5) is 13.8. The van der Waals surface area contributed by atoms with Gasteiger partial charge in [0.2, 0.25) is 5.43 Å². The molecule has 1 aromatic heterocycles.